The van der Waals surface area contributed by atoms with E-state index in [1.165, 1.54) is 35.2 Å². The van der Waals surface area contributed by atoms with Crippen LogP contribution in [0.15, 0.2) is 71.6 Å². The normalized spacial score (nSPS) is 12.9. The van der Waals surface area contributed by atoms with Crippen molar-refractivity contribution in [3.05, 3.63) is 92.4 Å². The van der Waals surface area contributed by atoms with E-state index in [4.69, 9.17) is 46.4 Å². The predicted molar refractivity (Wildman–Crippen MR) is 162 cm³/mol. The Morgan fingerprint density at radius 2 is 1.50 bits per heavy atom. The van der Waals surface area contributed by atoms with Gasteiger partial charge in [-0.25, -0.2) is 8.42 Å². The van der Waals surface area contributed by atoms with Crippen molar-refractivity contribution < 1.29 is 18.0 Å². The number of nitrogens with one attached hydrogen (secondary N) is 1. The summed E-state index contributed by atoms with van der Waals surface area (Å²) in [6.07, 6.45) is 0.680. The second kappa shape index (κ2) is 13.9. The second-order valence-electron chi connectivity index (χ2n) is 9.14. The maximum Gasteiger partial charge on any atom is 0.264 e. The van der Waals surface area contributed by atoms with E-state index in [2.05, 4.69) is 5.32 Å². The summed E-state index contributed by atoms with van der Waals surface area (Å²) in [4.78, 5) is 28.3. The van der Waals surface area contributed by atoms with Crippen molar-refractivity contribution in [2.24, 2.45) is 0 Å². The Bertz CT molecular complexity index is 1450. The molecule has 0 bridgehead atoms. The number of carbonyl (C=O) groups is 2. The molecule has 12 heteroatoms. The summed E-state index contributed by atoms with van der Waals surface area (Å²) in [7, 11) is -4.29. The predicted octanol–water partition coefficient (Wildman–Crippen LogP) is 6.83. The standard InChI is InChI=1S/C28H29Cl4N3O4S/c1-4-18(2)33-28(37)19(3)34(16-22-23(30)11-8-12-24(22)31)27(36)17-35(26-15-20(29)13-14-25(26)32)40(38,39)21-9-6-5-7-10-21/h5-15,18-19H,4,16-17H2,1-3H3,(H,33,37)/t18-,19+/m0/s1. The van der Waals surface area contributed by atoms with Crippen LogP contribution >= 0.6 is 46.4 Å². The Kier molecular flexibility index (Phi) is 11.1. The lowest BCUT2D eigenvalue weighted by molar-refractivity contribution is -0.139. The highest BCUT2D eigenvalue weighted by molar-refractivity contribution is 7.92. The molecule has 0 heterocycles. The summed E-state index contributed by atoms with van der Waals surface area (Å²) in [5.74, 6) is -1.09. The van der Waals surface area contributed by atoms with Gasteiger partial charge < -0.3 is 10.2 Å². The van der Waals surface area contributed by atoms with Crippen LogP contribution in [0, 0.1) is 0 Å². The Balaban J connectivity index is 2.10. The molecule has 0 aliphatic carbocycles. The van der Waals surface area contributed by atoms with Crippen LogP contribution in [0.4, 0.5) is 5.69 Å². The molecule has 3 aromatic carbocycles. The minimum absolute atomic E-state index is 0.0128. The first kappa shape index (κ1) is 32.0. The van der Waals surface area contributed by atoms with Gasteiger partial charge in [0.1, 0.15) is 12.6 Å². The smallest absolute Gasteiger partial charge is 0.264 e. The summed E-state index contributed by atoms with van der Waals surface area (Å²) in [5, 5.41) is 3.76. The molecule has 2 amide bonds. The van der Waals surface area contributed by atoms with Crippen molar-refractivity contribution in [2.75, 3.05) is 10.8 Å². The number of hydrogen-bond donors (Lipinski definition) is 1. The third kappa shape index (κ3) is 7.62. The molecule has 0 saturated carbocycles. The Morgan fingerprint density at radius 3 is 2.10 bits per heavy atom. The fraction of sp³-hybridized carbons (Fsp3) is 0.286. The number of hydrogen-bond acceptors (Lipinski definition) is 4. The lowest BCUT2D eigenvalue weighted by Gasteiger charge is -2.33. The van der Waals surface area contributed by atoms with Crippen LogP contribution < -0.4 is 9.62 Å². The Hall–Kier alpha value is -2.49. The van der Waals surface area contributed by atoms with Crippen LogP contribution in [0.2, 0.25) is 20.1 Å². The minimum atomic E-state index is -4.29. The number of anilines is 1. The average molecular weight is 645 g/mol. The van der Waals surface area contributed by atoms with Gasteiger partial charge in [0.15, 0.2) is 0 Å². The van der Waals surface area contributed by atoms with Crippen molar-refractivity contribution in [1.29, 1.82) is 0 Å². The van der Waals surface area contributed by atoms with Gasteiger partial charge in [-0.3, -0.25) is 13.9 Å². The maximum atomic E-state index is 14.0. The van der Waals surface area contributed by atoms with E-state index in [0.717, 1.165) is 4.31 Å². The fourth-order valence-electron chi connectivity index (χ4n) is 3.81. The van der Waals surface area contributed by atoms with Gasteiger partial charge in [-0.05, 0) is 62.7 Å². The quantitative estimate of drug-likeness (QED) is 0.248. The first-order valence-corrected chi connectivity index (χ1v) is 15.4. The molecule has 0 fully saturated rings. The fourth-order valence-corrected chi connectivity index (χ4v) is 6.21. The lowest BCUT2D eigenvalue weighted by atomic mass is 10.1. The van der Waals surface area contributed by atoms with Gasteiger partial charge in [0.2, 0.25) is 11.8 Å². The van der Waals surface area contributed by atoms with Crippen molar-refractivity contribution >= 4 is 73.9 Å². The Morgan fingerprint density at radius 1 is 0.875 bits per heavy atom. The summed E-state index contributed by atoms with van der Waals surface area (Å²) in [6.45, 7) is 4.50. The molecule has 40 heavy (non-hydrogen) atoms. The van der Waals surface area contributed by atoms with E-state index in [9.17, 15) is 18.0 Å². The minimum Gasteiger partial charge on any atom is -0.352 e. The zero-order valence-corrected chi connectivity index (χ0v) is 25.9. The molecule has 0 spiro atoms. The van der Waals surface area contributed by atoms with Gasteiger partial charge in [-0.2, -0.15) is 0 Å². The van der Waals surface area contributed by atoms with Gasteiger partial charge in [0, 0.05) is 33.2 Å². The van der Waals surface area contributed by atoms with Crippen LogP contribution in [-0.4, -0.2) is 43.8 Å². The molecule has 0 unspecified atom stereocenters. The van der Waals surface area contributed by atoms with Crippen molar-refractivity contribution in [1.82, 2.24) is 10.2 Å². The van der Waals surface area contributed by atoms with Crippen LogP contribution in [0.3, 0.4) is 0 Å². The van der Waals surface area contributed by atoms with Crippen molar-refractivity contribution in [2.45, 2.75) is 50.7 Å². The van der Waals surface area contributed by atoms with Crippen molar-refractivity contribution in [3.8, 4) is 0 Å². The molecule has 214 valence electrons. The molecule has 0 aromatic heterocycles. The number of sulfonamides is 1. The molecule has 1 N–H and O–H groups in total. The summed E-state index contributed by atoms with van der Waals surface area (Å²) >= 11 is 25.4. The zero-order chi connectivity index (χ0) is 29.6. The van der Waals surface area contributed by atoms with Gasteiger partial charge >= 0.3 is 0 Å². The molecule has 0 aliphatic heterocycles. The number of halogens is 4. The largest absolute Gasteiger partial charge is 0.352 e. The van der Waals surface area contributed by atoms with Crippen LogP contribution in [0.25, 0.3) is 0 Å². The van der Waals surface area contributed by atoms with Gasteiger partial charge in [0.25, 0.3) is 10.0 Å². The first-order valence-electron chi connectivity index (χ1n) is 12.4. The molecule has 2 atom stereocenters. The maximum absolute atomic E-state index is 14.0. The summed E-state index contributed by atoms with van der Waals surface area (Å²) in [5.41, 5.74) is 0.430. The SMILES string of the molecule is CC[C@H](C)NC(=O)[C@@H](C)N(Cc1c(Cl)cccc1Cl)C(=O)CN(c1cc(Cl)ccc1Cl)S(=O)(=O)c1ccccc1. The van der Waals surface area contributed by atoms with E-state index < -0.39 is 34.4 Å². The van der Waals surface area contributed by atoms with Gasteiger partial charge in [-0.1, -0.05) is 77.6 Å². The monoisotopic (exact) mass is 643 g/mol. The molecular formula is C28H29Cl4N3O4S. The highest BCUT2D eigenvalue weighted by atomic mass is 35.5. The summed E-state index contributed by atoms with van der Waals surface area (Å²) < 4.78 is 28.6. The molecule has 0 saturated heterocycles. The number of carbonyl (C=O) groups excluding carboxylic acids is 2. The average Bonchev–Trinajstić information content (AvgIpc) is 2.92. The summed E-state index contributed by atoms with van der Waals surface area (Å²) in [6, 6.07) is 15.7. The third-order valence-corrected chi connectivity index (χ3v) is 9.38. The molecule has 3 aromatic rings. The van der Waals surface area contributed by atoms with Crippen LogP contribution in [0.5, 0.6) is 0 Å². The molecule has 3 rings (SSSR count). The second-order valence-corrected chi connectivity index (χ2v) is 12.7. The van der Waals surface area contributed by atoms with Gasteiger partial charge in [-0.15, -0.1) is 0 Å². The number of rotatable bonds is 11. The Labute approximate surface area is 255 Å². The topological polar surface area (TPSA) is 86.8 Å². The molecule has 0 radical (unpaired) electrons. The third-order valence-electron chi connectivity index (χ3n) is 6.35. The van der Waals surface area contributed by atoms with Gasteiger partial charge in [0.05, 0.1) is 15.6 Å². The number of nitrogens with zero attached hydrogens (tertiary/aromatic N) is 2. The van der Waals surface area contributed by atoms with Crippen molar-refractivity contribution in [3.63, 3.8) is 0 Å². The van der Waals surface area contributed by atoms with Crippen LogP contribution in [-0.2, 0) is 26.2 Å². The lowest BCUT2D eigenvalue weighted by Crippen LogP contribution is -2.52. The van der Waals surface area contributed by atoms with E-state index in [1.54, 1.807) is 43.3 Å². The molecular weight excluding hydrogens is 616 g/mol. The highest BCUT2D eigenvalue weighted by Gasteiger charge is 2.34. The number of benzene rings is 3. The molecule has 0 aliphatic rings. The van der Waals surface area contributed by atoms with Crippen LogP contribution in [0.1, 0.15) is 32.8 Å². The number of amides is 2. The zero-order valence-electron chi connectivity index (χ0n) is 22.1. The highest BCUT2D eigenvalue weighted by Crippen LogP contribution is 2.33. The first-order chi connectivity index (χ1) is 18.9. The van der Waals surface area contributed by atoms with E-state index >= 15 is 0 Å². The molecule has 7 nitrogen and oxygen atoms in total. The van der Waals surface area contributed by atoms with E-state index in [0.29, 0.717) is 22.0 Å². The van der Waals surface area contributed by atoms with E-state index in [1.807, 2.05) is 13.8 Å². The van der Waals surface area contributed by atoms with E-state index in [-0.39, 0.29) is 33.2 Å².